The standard InChI is InChI=1S/C8H10N6S2/c1-14(2)7-12-13-8(16-7)15-6-10-3-5(9)4-11-6/h3-4H,9H2,1-2H3. The van der Waals surface area contributed by atoms with Gasteiger partial charge in [0.05, 0.1) is 18.1 Å². The van der Waals surface area contributed by atoms with E-state index >= 15 is 0 Å². The van der Waals surface area contributed by atoms with Crippen LogP contribution in [0.3, 0.4) is 0 Å². The molecule has 0 saturated heterocycles. The van der Waals surface area contributed by atoms with Crippen molar-refractivity contribution in [2.45, 2.75) is 9.50 Å². The van der Waals surface area contributed by atoms with Crippen molar-refractivity contribution in [3.63, 3.8) is 0 Å². The number of anilines is 2. The van der Waals surface area contributed by atoms with E-state index in [0.29, 0.717) is 10.8 Å². The lowest BCUT2D eigenvalue weighted by atomic mass is 10.6. The first-order valence-electron chi connectivity index (χ1n) is 4.41. The van der Waals surface area contributed by atoms with Gasteiger partial charge in [0, 0.05) is 14.1 Å². The SMILES string of the molecule is CN(C)c1nnc(Sc2ncc(N)cn2)s1. The van der Waals surface area contributed by atoms with Gasteiger partial charge >= 0.3 is 0 Å². The van der Waals surface area contributed by atoms with E-state index in [9.17, 15) is 0 Å². The number of nitrogens with two attached hydrogens (primary N) is 1. The van der Waals surface area contributed by atoms with Gasteiger partial charge in [0.15, 0.2) is 9.50 Å². The molecule has 2 rings (SSSR count). The van der Waals surface area contributed by atoms with Crippen molar-refractivity contribution in [3.8, 4) is 0 Å². The molecule has 2 aromatic heterocycles. The summed E-state index contributed by atoms with van der Waals surface area (Å²) in [5.74, 6) is 0. The second-order valence-electron chi connectivity index (χ2n) is 3.15. The van der Waals surface area contributed by atoms with E-state index in [-0.39, 0.29) is 0 Å². The van der Waals surface area contributed by atoms with Crippen molar-refractivity contribution >= 4 is 33.9 Å². The predicted molar refractivity (Wildman–Crippen MR) is 64.8 cm³/mol. The largest absolute Gasteiger partial charge is 0.396 e. The Morgan fingerprint density at radius 1 is 1.25 bits per heavy atom. The number of hydrogen-bond donors (Lipinski definition) is 1. The fourth-order valence-electron chi connectivity index (χ4n) is 0.881. The van der Waals surface area contributed by atoms with Gasteiger partial charge in [0.1, 0.15) is 0 Å². The summed E-state index contributed by atoms with van der Waals surface area (Å²) in [5.41, 5.74) is 6.05. The lowest BCUT2D eigenvalue weighted by Gasteiger charge is -2.03. The minimum Gasteiger partial charge on any atom is -0.396 e. The zero-order valence-electron chi connectivity index (χ0n) is 8.78. The Labute approximate surface area is 101 Å². The van der Waals surface area contributed by atoms with Crippen molar-refractivity contribution in [1.29, 1.82) is 0 Å². The Bertz CT molecular complexity index is 466. The normalized spacial score (nSPS) is 10.4. The van der Waals surface area contributed by atoms with Crippen molar-refractivity contribution in [1.82, 2.24) is 20.2 Å². The zero-order chi connectivity index (χ0) is 11.5. The van der Waals surface area contributed by atoms with E-state index in [4.69, 9.17) is 5.73 Å². The number of hydrogen-bond acceptors (Lipinski definition) is 8. The maximum Gasteiger partial charge on any atom is 0.208 e. The highest BCUT2D eigenvalue weighted by Gasteiger charge is 2.08. The minimum atomic E-state index is 0.551. The highest BCUT2D eigenvalue weighted by Crippen LogP contribution is 2.30. The molecule has 8 heteroatoms. The van der Waals surface area contributed by atoms with Gasteiger partial charge in [-0.1, -0.05) is 11.3 Å². The van der Waals surface area contributed by atoms with Gasteiger partial charge < -0.3 is 10.6 Å². The minimum absolute atomic E-state index is 0.551. The maximum atomic E-state index is 5.50. The summed E-state index contributed by atoms with van der Waals surface area (Å²) in [5, 5.41) is 9.54. The number of nitrogens with zero attached hydrogens (tertiary/aromatic N) is 5. The van der Waals surface area contributed by atoms with E-state index in [0.717, 1.165) is 9.47 Å². The fraction of sp³-hybridized carbons (Fsp3) is 0.250. The molecular weight excluding hydrogens is 244 g/mol. The van der Waals surface area contributed by atoms with E-state index < -0.39 is 0 Å². The summed E-state index contributed by atoms with van der Waals surface area (Å²) < 4.78 is 0.813. The van der Waals surface area contributed by atoms with Crippen LogP contribution in [0, 0.1) is 0 Å². The molecule has 0 saturated carbocycles. The summed E-state index contributed by atoms with van der Waals surface area (Å²) in [6, 6.07) is 0. The number of nitrogen functional groups attached to an aromatic ring is 1. The van der Waals surface area contributed by atoms with Crippen LogP contribution >= 0.6 is 23.1 Å². The first-order chi connectivity index (χ1) is 7.65. The highest BCUT2D eigenvalue weighted by molar-refractivity contribution is 8.00. The van der Waals surface area contributed by atoms with Crippen molar-refractivity contribution < 1.29 is 0 Å². The highest BCUT2D eigenvalue weighted by atomic mass is 32.2. The van der Waals surface area contributed by atoms with Crippen molar-refractivity contribution in [2.75, 3.05) is 24.7 Å². The van der Waals surface area contributed by atoms with Gasteiger partial charge in [-0.05, 0) is 11.8 Å². The number of rotatable bonds is 3. The average molecular weight is 254 g/mol. The van der Waals surface area contributed by atoms with Gasteiger partial charge in [-0.15, -0.1) is 10.2 Å². The quantitative estimate of drug-likeness (QED) is 0.822. The van der Waals surface area contributed by atoms with Gasteiger partial charge in [-0.2, -0.15) is 0 Å². The predicted octanol–water partition coefficient (Wildman–Crippen LogP) is 1.13. The van der Waals surface area contributed by atoms with E-state index in [1.165, 1.54) is 23.1 Å². The van der Waals surface area contributed by atoms with Crippen LogP contribution in [-0.2, 0) is 0 Å². The van der Waals surface area contributed by atoms with Crippen LogP contribution in [-0.4, -0.2) is 34.3 Å². The van der Waals surface area contributed by atoms with Crippen LogP contribution in [0.4, 0.5) is 10.8 Å². The topological polar surface area (TPSA) is 80.8 Å². The molecule has 2 N–H and O–H groups in total. The second kappa shape index (κ2) is 4.62. The molecule has 16 heavy (non-hydrogen) atoms. The lowest BCUT2D eigenvalue weighted by Crippen LogP contribution is -2.07. The summed E-state index contributed by atoms with van der Waals surface area (Å²) in [6.45, 7) is 0. The molecule has 0 amide bonds. The molecule has 2 heterocycles. The monoisotopic (exact) mass is 254 g/mol. The van der Waals surface area contributed by atoms with Crippen molar-refractivity contribution in [2.24, 2.45) is 0 Å². The van der Waals surface area contributed by atoms with Gasteiger partial charge in [-0.25, -0.2) is 9.97 Å². The van der Waals surface area contributed by atoms with Crippen LogP contribution in [0.15, 0.2) is 21.9 Å². The molecule has 0 aliphatic rings. The smallest absolute Gasteiger partial charge is 0.208 e. The van der Waals surface area contributed by atoms with Crippen molar-refractivity contribution in [3.05, 3.63) is 12.4 Å². The Morgan fingerprint density at radius 2 is 1.94 bits per heavy atom. The Kier molecular flexibility index (Phi) is 3.20. The van der Waals surface area contributed by atoms with Crippen LogP contribution in [0.2, 0.25) is 0 Å². The van der Waals surface area contributed by atoms with E-state index in [2.05, 4.69) is 20.2 Å². The van der Waals surface area contributed by atoms with Crippen LogP contribution in [0.5, 0.6) is 0 Å². The third-order valence-electron chi connectivity index (χ3n) is 1.61. The van der Waals surface area contributed by atoms with E-state index in [1.807, 2.05) is 19.0 Å². The second-order valence-corrected chi connectivity index (χ2v) is 5.32. The molecule has 2 aromatic rings. The van der Waals surface area contributed by atoms with Crippen LogP contribution in [0.25, 0.3) is 0 Å². The first kappa shape index (κ1) is 11.1. The third kappa shape index (κ3) is 2.58. The van der Waals surface area contributed by atoms with Crippen LogP contribution in [0.1, 0.15) is 0 Å². The summed E-state index contributed by atoms with van der Waals surface area (Å²) >= 11 is 2.87. The molecule has 0 radical (unpaired) electrons. The summed E-state index contributed by atoms with van der Waals surface area (Å²) in [6.07, 6.45) is 3.15. The summed E-state index contributed by atoms with van der Waals surface area (Å²) in [4.78, 5) is 10.1. The van der Waals surface area contributed by atoms with Gasteiger partial charge in [-0.3, -0.25) is 0 Å². The molecule has 0 fully saturated rings. The van der Waals surface area contributed by atoms with Gasteiger partial charge in [0.25, 0.3) is 0 Å². The molecule has 0 aliphatic heterocycles. The molecule has 0 atom stereocenters. The zero-order valence-corrected chi connectivity index (χ0v) is 10.4. The first-order valence-corrected chi connectivity index (χ1v) is 6.04. The average Bonchev–Trinajstić information content (AvgIpc) is 2.70. The molecule has 0 aliphatic carbocycles. The van der Waals surface area contributed by atoms with Crippen LogP contribution < -0.4 is 10.6 Å². The molecule has 0 spiro atoms. The maximum absolute atomic E-state index is 5.50. The fourth-order valence-corrected chi connectivity index (χ4v) is 2.45. The molecule has 6 nitrogen and oxygen atoms in total. The number of aromatic nitrogens is 4. The molecule has 0 aromatic carbocycles. The molecule has 84 valence electrons. The molecule has 0 bridgehead atoms. The van der Waals surface area contributed by atoms with E-state index in [1.54, 1.807) is 12.4 Å². The summed E-state index contributed by atoms with van der Waals surface area (Å²) in [7, 11) is 3.85. The Balaban J connectivity index is 2.11. The third-order valence-corrected chi connectivity index (χ3v) is 3.64. The Morgan fingerprint density at radius 3 is 2.50 bits per heavy atom. The molecular formula is C8H10N6S2. The Hall–Kier alpha value is -1.41. The van der Waals surface area contributed by atoms with Gasteiger partial charge in [0.2, 0.25) is 5.13 Å². The lowest BCUT2D eigenvalue weighted by molar-refractivity contribution is 0.948. The molecule has 0 unspecified atom stereocenters.